The highest BCUT2D eigenvalue weighted by Gasteiger charge is 2.42. The lowest BCUT2D eigenvalue weighted by molar-refractivity contribution is 0.260. The first-order valence-corrected chi connectivity index (χ1v) is 10.0. The number of halogens is 1. The van der Waals surface area contributed by atoms with Gasteiger partial charge in [0.15, 0.2) is 0 Å². The van der Waals surface area contributed by atoms with Crippen molar-refractivity contribution in [2.24, 2.45) is 5.92 Å². The van der Waals surface area contributed by atoms with Gasteiger partial charge in [0.1, 0.15) is 4.21 Å². The van der Waals surface area contributed by atoms with E-state index in [1.54, 1.807) is 10.4 Å². The third-order valence-electron chi connectivity index (χ3n) is 4.64. The Morgan fingerprint density at radius 3 is 2.80 bits per heavy atom. The number of aryl methyl sites for hydroxylation is 1. The summed E-state index contributed by atoms with van der Waals surface area (Å²) in [4.78, 5) is 0.963. The molecule has 0 aromatic carbocycles. The van der Waals surface area contributed by atoms with Gasteiger partial charge in [-0.2, -0.15) is 4.31 Å². The Morgan fingerprint density at radius 2 is 2.10 bits per heavy atom. The molecule has 2 fully saturated rings. The zero-order chi connectivity index (χ0) is 14.3. The largest absolute Gasteiger partial charge is 0.252 e. The Hall–Kier alpha value is -0.100. The van der Waals surface area contributed by atoms with Crippen LogP contribution in [0.3, 0.4) is 0 Å². The van der Waals surface area contributed by atoms with Gasteiger partial charge in [-0.1, -0.05) is 12.8 Å². The molecule has 2 atom stereocenters. The molecule has 112 valence electrons. The number of alkyl halides is 1. The second-order valence-electron chi connectivity index (χ2n) is 5.82. The van der Waals surface area contributed by atoms with E-state index in [4.69, 9.17) is 11.6 Å². The van der Waals surface area contributed by atoms with Crippen LogP contribution in [0.1, 0.15) is 42.5 Å². The summed E-state index contributed by atoms with van der Waals surface area (Å²) in [6, 6.07) is 2.02. The van der Waals surface area contributed by atoms with Crippen molar-refractivity contribution in [2.75, 3.05) is 6.54 Å². The summed E-state index contributed by atoms with van der Waals surface area (Å²) in [5.41, 5.74) is 0.989. The van der Waals surface area contributed by atoms with Crippen molar-refractivity contribution in [3.63, 3.8) is 0 Å². The predicted molar refractivity (Wildman–Crippen MR) is 82.9 cm³/mol. The van der Waals surface area contributed by atoms with Gasteiger partial charge in [0.2, 0.25) is 0 Å². The highest BCUT2D eigenvalue weighted by molar-refractivity contribution is 7.91. The predicted octanol–water partition coefficient (Wildman–Crippen LogP) is 3.75. The Labute approximate surface area is 130 Å². The smallest absolute Gasteiger partial charge is 0.206 e. The van der Waals surface area contributed by atoms with Crippen molar-refractivity contribution in [3.05, 3.63) is 16.5 Å². The number of hydrogen-bond acceptors (Lipinski definition) is 3. The average Bonchev–Trinajstić information content (AvgIpc) is 3.02. The Morgan fingerprint density at radius 1 is 1.35 bits per heavy atom. The quantitative estimate of drug-likeness (QED) is 0.790. The number of fused-ring (bicyclic) bond motifs is 1. The van der Waals surface area contributed by atoms with E-state index in [2.05, 4.69) is 0 Å². The fourth-order valence-electron chi connectivity index (χ4n) is 3.53. The minimum Gasteiger partial charge on any atom is -0.206 e. The van der Waals surface area contributed by atoms with Crippen LogP contribution in [0.2, 0.25) is 0 Å². The van der Waals surface area contributed by atoms with Gasteiger partial charge in [0, 0.05) is 17.5 Å². The summed E-state index contributed by atoms with van der Waals surface area (Å²) in [7, 11) is -3.33. The molecule has 1 aliphatic heterocycles. The maximum absolute atomic E-state index is 12.9. The molecule has 2 unspecified atom stereocenters. The third kappa shape index (κ3) is 2.43. The van der Waals surface area contributed by atoms with Crippen LogP contribution in [0.15, 0.2) is 10.3 Å². The first-order valence-electron chi connectivity index (χ1n) is 7.21. The van der Waals surface area contributed by atoms with Crippen molar-refractivity contribution < 1.29 is 8.42 Å². The van der Waals surface area contributed by atoms with Crippen LogP contribution in [-0.4, -0.2) is 25.3 Å². The zero-order valence-electron chi connectivity index (χ0n) is 11.6. The molecule has 3 nitrogen and oxygen atoms in total. The van der Waals surface area contributed by atoms with Crippen LogP contribution in [0.4, 0.5) is 0 Å². The molecule has 0 spiro atoms. The fraction of sp³-hybridized carbons (Fsp3) is 0.714. The molecule has 0 amide bonds. The Bertz CT molecular complexity index is 596. The molecule has 1 saturated heterocycles. The standard InChI is InChI=1S/C14H20ClNO2S2/c1-10-8-14(19-13(10)9-15)20(17,18)16-7-6-11-4-2-3-5-12(11)16/h8,11-12H,2-7,9H2,1H3. The molecule has 1 aliphatic carbocycles. The van der Waals surface area contributed by atoms with Crippen molar-refractivity contribution in [2.45, 2.75) is 55.2 Å². The van der Waals surface area contributed by atoms with E-state index >= 15 is 0 Å². The highest BCUT2D eigenvalue weighted by Crippen LogP contribution is 2.40. The van der Waals surface area contributed by atoms with Gasteiger partial charge in [0.05, 0.1) is 5.88 Å². The summed E-state index contributed by atoms with van der Waals surface area (Å²) in [5, 5.41) is 0. The molecule has 1 saturated carbocycles. The van der Waals surface area contributed by atoms with Gasteiger partial charge >= 0.3 is 0 Å². The van der Waals surface area contributed by atoms with Crippen LogP contribution >= 0.6 is 22.9 Å². The van der Waals surface area contributed by atoms with Gasteiger partial charge in [-0.05, 0) is 43.7 Å². The molecule has 20 heavy (non-hydrogen) atoms. The lowest BCUT2D eigenvalue weighted by Crippen LogP contribution is -2.38. The molecule has 0 radical (unpaired) electrons. The molecule has 1 aromatic rings. The minimum absolute atomic E-state index is 0.232. The van der Waals surface area contributed by atoms with Crippen LogP contribution < -0.4 is 0 Å². The molecule has 0 N–H and O–H groups in total. The van der Waals surface area contributed by atoms with Gasteiger partial charge in [-0.25, -0.2) is 8.42 Å². The molecule has 3 rings (SSSR count). The summed E-state index contributed by atoms with van der Waals surface area (Å²) >= 11 is 7.20. The number of sulfonamides is 1. The molecule has 1 aromatic heterocycles. The van der Waals surface area contributed by atoms with E-state index in [1.807, 2.05) is 6.92 Å². The maximum atomic E-state index is 12.9. The van der Waals surface area contributed by atoms with Crippen molar-refractivity contribution in [1.29, 1.82) is 0 Å². The summed E-state index contributed by atoms with van der Waals surface area (Å²) in [6.07, 6.45) is 5.65. The van der Waals surface area contributed by atoms with E-state index in [9.17, 15) is 8.42 Å². The lowest BCUT2D eigenvalue weighted by Gasteiger charge is -2.30. The molecule has 2 heterocycles. The fourth-order valence-corrected chi connectivity index (χ4v) is 7.20. The second-order valence-corrected chi connectivity index (χ2v) is 9.34. The monoisotopic (exact) mass is 333 g/mol. The SMILES string of the molecule is Cc1cc(S(=O)(=O)N2CCC3CCCCC32)sc1CCl. The van der Waals surface area contributed by atoms with Gasteiger partial charge < -0.3 is 0 Å². The zero-order valence-corrected chi connectivity index (χ0v) is 14.0. The van der Waals surface area contributed by atoms with Crippen LogP contribution in [0.25, 0.3) is 0 Å². The Kier molecular flexibility index (Phi) is 4.15. The molecule has 6 heteroatoms. The van der Waals surface area contributed by atoms with Gasteiger partial charge in [-0.3, -0.25) is 0 Å². The van der Waals surface area contributed by atoms with E-state index in [-0.39, 0.29) is 6.04 Å². The van der Waals surface area contributed by atoms with E-state index in [1.165, 1.54) is 24.2 Å². The number of thiophene rings is 1. The minimum atomic E-state index is -3.33. The maximum Gasteiger partial charge on any atom is 0.252 e. The highest BCUT2D eigenvalue weighted by atomic mass is 35.5. The second kappa shape index (κ2) is 5.59. The summed E-state index contributed by atoms with van der Waals surface area (Å²) in [6.45, 7) is 2.62. The number of hydrogen-bond donors (Lipinski definition) is 0. The van der Waals surface area contributed by atoms with Crippen LogP contribution in [0.5, 0.6) is 0 Å². The summed E-state index contributed by atoms with van der Waals surface area (Å²) < 4.78 is 28.0. The van der Waals surface area contributed by atoms with Gasteiger partial charge in [-0.15, -0.1) is 22.9 Å². The van der Waals surface area contributed by atoms with E-state index < -0.39 is 10.0 Å². The number of nitrogens with zero attached hydrogens (tertiary/aromatic N) is 1. The normalized spacial score (nSPS) is 27.7. The first-order chi connectivity index (χ1) is 9.54. The molecule has 2 aliphatic rings. The van der Waals surface area contributed by atoms with Crippen LogP contribution in [0, 0.1) is 12.8 Å². The van der Waals surface area contributed by atoms with Crippen LogP contribution in [-0.2, 0) is 15.9 Å². The molecule has 0 bridgehead atoms. The van der Waals surface area contributed by atoms with E-state index in [0.29, 0.717) is 22.6 Å². The van der Waals surface area contributed by atoms with Crippen molar-refractivity contribution >= 4 is 33.0 Å². The van der Waals surface area contributed by atoms with Crippen molar-refractivity contribution in [3.8, 4) is 0 Å². The van der Waals surface area contributed by atoms with Crippen molar-refractivity contribution in [1.82, 2.24) is 4.31 Å². The molecular formula is C14H20ClNO2S2. The Balaban J connectivity index is 1.91. The molecular weight excluding hydrogens is 314 g/mol. The topological polar surface area (TPSA) is 37.4 Å². The average molecular weight is 334 g/mol. The lowest BCUT2D eigenvalue weighted by atomic mass is 9.86. The summed E-state index contributed by atoms with van der Waals surface area (Å²) in [5.74, 6) is 0.963. The van der Waals surface area contributed by atoms with Gasteiger partial charge in [0.25, 0.3) is 10.0 Å². The van der Waals surface area contributed by atoms with E-state index in [0.717, 1.165) is 29.7 Å². The number of rotatable bonds is 3. The third-order valence-corrected chi connectivity index (χ3v) is 8.68. The first kappa shape index (κ1) is 14.8.